The van der Waals surface area contributed by atoms with Crippen LogP contribution in [0.1, 0.15) is 37.8 Å². The molecule has 0 heterocycles. The molecule has 0 radical (unpaired) electrons. The van der Waals surface area contributed by atoms with Crippen LogP contribution in [-0.2, 0) is 9.05 Å². The van der Waals surface area contributed by atoms with Crippen molar-refractivity contribution in [3.63, 3.8) is 0 Å². The Morgan fingerprint density at radius 1 is 1.32 bits per heavy atom. The van der Waals surface area contributed by atoms with Crippen molar-refractivity contribution >= 4 is 19.7 Å². The van der Waals surface area contributed by atoms with Crippen molar-refractivity contribution in [3.05, 3.63) is 23.3 Å². The number of ether oxygens (including phenoxy) is 1. The average molecular weight is 305 g/mol. The number of rotatable bonds is 6. The van der Waals surface area contributed by atoms with E-state index in [-0.39, 0.29) is 4.90 Å². The van der Waals surface area contributed by atoms with E-state index < -0.39 is 9.05 Å². The first-order chi connectivity index (χ1) is 8.75. The van der Waals surface area contributed by atoms with Crippen LogP contribution < -0.4 is 4.74 Å². The second-order valence-corrected chi connectivity index (χ2v) is 7.59. The molecule has 0 aliphatic rings. The van der Waals surface area contributed by atoms with E-state index in [4.69, 9.17) is 15.4 Å². The molecular formula is C14H21ClO3S. The minimum Gasteiger partial charge on any atom is -0.492 e. The zero-order valence-corrected chi connectivity index (χ0v) is 13.4. The topological polar surface area (TPSA) is 43.4 Å². The lowest BCUT2D eigenvalue weighted by Gasteiger charge is -2.16. The SMILES string of the molecule is CCCC(C)COc1c(C)cc(C)cc1S(=O)(=O)Cl. The highest BCUT2D eigenvalue weighted by Gasteiger charge is 2.20. The molecule has 19 heavy (non-hydrogen) atoms. The third-order valence-corrected chi connectivity index (χ3v) is 4.27. The minimum atomic E-state index is -3.79. The summed E-state index contributed by atoms with van der Waals surface area (Å²) >= 11 is 0. The molecule has 0 amide bonds. The summed E-state index contributed by atoms with van der Waals surface area (Å²) in [4.78, 5) is 0.0652. The van der Waals surface area contributed by atoms with Crippen LogP contribution in [0.3, 0.4) is 0 Å². The normalized spacial score (nSPS) is 13.3. The Morgan fingerprint density at radius 2 is 1.95 bits per heavy atom. The third kappa shape index (κ3) is 4.69. The third-order valence-electron chi connectivity index (χ3n) is 2.94. The average Bonchev–Trinajstić information content (AvgIpc) is 2.26. The maximum Gasteiger partial charge on any atom is 0.265 e. The summed E-state index contributed by atoms with van der Waals surface area (Å²) in [5.74, 6) is 0.764. The van der Waals surface area contributed by atoms with Crippen molar-refractivity contribution in [2.24, 2.45) is 5.92 Å². The molecule has 0 fully saturated rings. The second-order valence-electron chi connectivity index (χ2n) is 5.05. The highest BCUT2D eigenvalue weighted by molar-refractivity contribution is 8.13. The Labute approximate surface area is 120 Å². The summed E-state index contributed by atoms with van der Waals surface area (Å²) in [6.07, 6.45) is 2.13. The van der Waals surface area contributed by atoms with Crippen molar-refractivity contribution in [2.75, 3.05) is 6.61 Å². The van der Waals surface area contributed by atoms with Gasteiger partial charge in [-0.15, -0.1) is 0 Å². The fourth-order valence-corrected chi connectivity index (χ4v) is 3.20. The molecule has 1 aromatic carbocycles. The van der Waals surface area contributed by atoms with Gasteiger partial charge < -0.3 is 4.74 Å². The van der Waals surface area contributed by atoms with E-state index in [1.807, 2.05) is 19.9 Å². The Hall–Kier alpha value is -0.740. The lowest BCUT2D eigenvalue weighted by atomic mass is 10.1. The molecule has 1 atom stereocenters. The van der Waals surface area contributed by atoms with Crippen LogP contribution >= 0.6 is 10.7 Å². The number of halogens is 1. The fourth-order valence-electron chi connectivity index (χ4n) is 2.08. The molecule has 0 bridgehead atoms. The number of hydrogen-bond acceptors (Lipinski definition) is 3. The quantitative estimate of drug-likeness (QED) is 0.745. The molecule has 1 rings (SSSR count). The Bertz CT molecular complexity index is 538. The van der Waals surface area contributed by atoms with E-state index >= 15 is 0 Å². The zero-order valence-electron chi connectivity index (χ0n) is 11.9. The van der Waals surface area contributed by atoms with Gasteiger partial charge in [0.15, 0.2) is 0 Å². The van der Waals surface area contributed by atoms with Crippen LogP contribution in [0, 0.1) is 19.8 Å². The first-order valence-corrected chi connectivity index (χ1v) is 8.75. The Balaban J connectivity index is 3.06. The maximum atomic E-state index is 11.6. The molecule has 1 unspecified atom stereocenters. The van der Waals surface area contributed by atoms with E-state index in [0.717, 1.165) is 24.0 Å². The summed E-state index contributed by atoms with van der Waals surface area (Å²) in [5.41, 5.74) is 1.65. The van der Waals surface area contributed by atoms with E-state index in [1.165, 1.54) is 0 Å². The van der Waals surface area contributed by atoms with Gasteiger partial charge in [-0.05, 0) is 43.4 Å². The van der Waals surface area contributed by atoms with Crippen molar-refractivity contribution < 1.29 is 13.2 Å². The van der Waals surface area contributed by atoms with Gasteiger partial charge in [-0.3, -0.25) is 0 Å². The molecule has 0 saturated heterocycles. The van der Waals surface area contributed by atoms with Crippen molar-refractivity contribution in [2.45, 2.75) is 45.4 Å². The van der Waals surface area contributed by atoms with Crippen molar-refractivity contribution in [3.8, 4) is 5.75 Å². The maximum absolute atomic E-state index is 11.6. The van der Waals surface area contributed by atoms with E-state index in [2.05, 4.69) is 13.8 Å². The van der Waals surface area contributed by atoms with Gasteiger partial charge in [-0.2, -0.15) is 0 Å². The molecular weight excluding hydrogens is 284 g/mol. The summed E-state index contributed by atoms with van der Waals surface area (Å²) in [7, 11) is 1.68. The molecule has 0 N–H and O–H groups in total. The van der Waals surface area contributed by atoms with Gasteiger partial charge in [0, 0.05) is 10.7 Å². The molecule has 5 heteroatoms. The van der Waals surface area contributed by atoms with Gasteiger partial charge in [-0.1, -0.05) is 26.3 Å². The Kier molecular flexibility index (Phi) is 5.68. The monoisotopic (exact) mass is 304 g/mol. The van der Waals surface area contributed by atoms with Gasteiger partial charge >= 0.3 is 0 Å². The summed E-state index contributed by atoms with van der Waals surface area (Å²) in [6.45, 7) is 8.36. The standard InChI is InChI=1S/C14H21ClO3S/c1-5-6-10(2)9-18-14-12(4)7-11(3)8-13(14)19(15,16)17/h7-8,10H,5-6,9H2,1-4H3. The molecule has 0 aromatic heterocycles. The van der Waals surface area contributed by atoms with Crippen LogP contribution in [0.25, 0.3) is 0 Å². The zero-order chi connectivity index (χ0) is 14.6. The predicted molar refractivity (Wildman–Crippen MR) is 78.5 cm³/mol. The van der Waals surface area contributed by atoms with Crippen molar-refractivity contribution in [1.82, 2.24) is 0 Å². The van der Waals surface area contributed by atoms with Gasteiger partial charge in [-0.25, -0.2) is 8.42 Å². The largest absolute Gasteiger partial charge is 0.492 e. The summed E-state index contributed by atoms with van der Waals surface area (Å²) in [6, 6.07) is 3.44. The number of aryl methyl sites for hydroxylation is 2. The highest BCUT2D eigenvalue weighted by atomic mass is 35.7. The predicted octanol–water partition coefficient (Wildman–Crippen LogP) is 4.05. The second kappa shape index (κ2) is 6.62. The molecule has 108 valence electrons. The summed E-state index contributed by atoms with van der Waals surface area (Å²) in [5, 5.41) is 0. The first kappa shape index (κ1) is 16.3. The molecule has 1 aromatic rings. The van der Waals surface area contributed by atoms with Gasteiger partial charge in [0.05, 0.1) is 6.61 Å². The van der Waals surface area contributed by atoms with Gasteiger partial charge in [0.1, 0.15) is 10.6 Å². The van der Waals surface area contributed by atoms with E-state index in [1.54, 1.807) is 6.07 Å². The van der Waals surface area contributed by atoms with Crippen molar-refractivity contribution in [1.29, 1.82) is 0 Å². The lowest BCUT2D eigenvalue weighted by Crippen LogP contribution is -2.11. The molecule has 0 saturated carbocycles. The molecule has 0 aliphatic carbocycles. The first-order valence-electron chi connectivity index (χ1n) is 6.44. The highest BCUT2D eigenvalue weighted by Crippen LogP contribution is 2.32. The number of hydrogen-bond donors (Lipinski definition) is 0. The fraction of sp³-hybridized carbons (Fsp3) is 0.571. The van der Waals surface area contributed by atoms with Crippen LogP contribution in [-0.4, -0.2) is 15.0 Å². The van der Waals surface area contributed by atoms with E-state index in [0.29, 0.717) is 18.3 Å². The van der Waals surface area contributed by atoms with Crippen LogP contribution in [0.5, 0.6) is 5.75 Å². The van der Waals surface area contributed by atoms with Crippen LogP contribution in [0.15, 0.2) is 17.0 Å². The van der Waals surface area contributed by atoms with Crippen LogP contribution in [0.4, 0.5) is 0 Å². The lowest BCUT2D eigenvalue weighted by molar-refractivity contribution is 0.244. The summed E-state index contributed by atoms with van der Waals surface area (Å²) < 4.78 is 28.9. The number of benzene rings is 1. The smallest absolute Gasteiger partial charge is 0.265 e. The van der Waals surface area contributed by atoms with E-state index in [9.17, 15) is 8.42 Å². The van der Waals surface area contributed by atoms with Gasteiger partial charge in [0.2, 0.25) is 0 Å². The molecule has 0 aliphatic heterocycles. The minimum absolute atomic E-state index is 0.0652. The Morgan fingerprint density at radius 3 is 2.47 bits per heavy atom. The van der Waals surface area contributed by atoms with Crippen LogP contribution in [0.2, 0.25) is 0 Å². The van der Waals surface area contributed by atoms with Gasteiger partial charge in [0.25, 0.3) is 9.05 Å². The molecule has 3 nitrogen and oxygen atoms in total. The molecule has 0 spiro atoms.